The summed E-state index contributed by atoms with van der Waals surface area (Å²) in [6, 6.07) is 7.69. The number of hydrogen-bond donors (Lipinski definition) is 0. The van der Waals surface area contributed by atoms with Gasteiger partial charge >= 0.3 is 0 Å². The molecule has 2 aromatic heterocycles. The van der Waals surface area contributed by atoms with Crippen LogP contribution >= 0.6 is 0 Å². The summed E-state index contributed by atoms with van der Waals surface area (Å²) in [7, 11) is 2.00. The Labute approximate surface area is 154 Å². The molecule has 1 saturated heterocycles. The number of piperazine rings is 1. The molecule has 2 aromatic rings. The fourth-order valence-electron chi connectivity index (χ4n) is 3.02. The summed E-state index contributed by atoms with van der Waals surface area (Å²) in [4.78, 5) is 31.8. The maximum absolute atomic E-state index is 12.8. The molecule has 0 unspecified atom stereocenters. The Bertz CT molecular complexity index is 715. The lowest BCUT2D eigenvalue weighted by atomic mass is 10.2. The van der Waals surface area contributed by atoms with Crippen LogP contribution in [0.4, 0.5) is 11.6 Å². The number of aromatic nitrogens is 3. The SMILES string of the molecule is CCCCN(C)c1cc(C(=O)N2CCN(c3ccccn3)CC2)ncn1. The molecule has 138 valence electrons. The smallest absolute Gasteiger partial charge is 0.272 e. The second kappa shape index (κ2) is 8.60. The van der Waals surface area contributed by atoms with Crippen molar-refractivity contribution in [3.8, 4) is 0 Å². The summed E-state index contributed by atoms with van der Waals surface area (Å²) in [6.07, 6.45) is 5.50. The van der Waals surface area contributed by atoms with E-state index in [4.69, 9.17) is 0 Å². The number of rotatable bonds is 6. The minimum absolute atomic E-state index is 0.0294. The van der Waals surface area contributed by atoms with Gasteiger partial charge in [0, 0.05) is 52.0 Å². The molecule has 0 bridgehead atoms. The first-order valence-corrected chi connectivity index (χ1v) is 9.17. The van der Waals surface area contributed by atoms with E-state index in [-0.39, 0.29) is 5.91 Å². The summed E-state index contributed by atoms with van der Waals surface area (Å²) in [5.74, 6) is 1.73. The molecule has 26 heavy (non-hydrogen) atoms. The molecule has 0 atom stereocenters. The van der Waals surface area contributed by atoms with Crippen molar-refractivity contribution in [1.29, 1.82) is 0 Å². The van der Waals surface area contributed by atoms with Crippen LogP contribution in [0.5, 0.6) is 0 Å². The average Bonchev–Trinajstić information content (AvgIpc) is 2.72. The quantitative estimate of drug-likeness (QED) is 0.791. The summed E-state index contributed by atoms with van der Waals surface area (Å²) in [5, 5.41) is 0. The number of carbonyl (C=O) groups excluding carboxylic acids is 1. The van der Waals surface area contributed by atoms with Gasteiger partial charge in [0.25, 0.3) is 5.91 Å². The Balaban J connectivity index is 1.62. The number of carbonyl (C=O) groups is 1. The first kappa shape index (κ1) is 18.1. The molecule has 0 aromatic carbocycles. The Kier molecular flexibility index (Phi) is 5.99. The highest BCUT2D eigenvalue weighted by Gasteiger charge is 2.24. The van der Waals surface area contributed by atoms with Crippen molar-refractivity contribution in [1.82, 2.24) is 19.9 Å². The summed E-state index contributed by atoms with van der Waals surface area (Å²) in [6.45, 7) is 5.96. The van der Waals surface area contributed by atoms with Crippen LogP contribution in [0, 0.1) is 0 Å². The third kappa shape index (κ3) is 4.28. The molecule has 3 rings (SSSR count). The van der Waals surface area contributed by atoms with Gasteiger partial charge in [-0.2, -0.15) is 0 Å². The Morgan fingerprint density at radius 3 is 2.65 bits per heavy atom. The second-order valence-corrected chi connectivity index (χ2v) is 6.50. The predicted octanol–water partition coefficient (Wildman–Crippen LogP) is 2.07. The van der Waals surface area contributed by atoms with E-state index in [1.54, 1.807) is 12.3 Å². The fourth-order valence-corrected chi connectivity index (χ4v) is 3.02. The van der Waals surface area contributed by atoms with Gasteiger partial charge in [0.1, 0.15) is 23.7 Å². The molecule has 0 spiro atoms. The maximum atomic E-state index is 12.8. The first-order chi connectivity index (χ1) is 12.7. The first-order valence-electron chi connectivity index (χ1n) is 9.17. The summed E-state index contributed by atoms with van der Waals surface area (Å²) in [5.41, 5.74) is 0.463. The number of amides is 1. The van der Waals surface area contributed by atoms with E-state index in [1.807, 2.05) is 30.1 Å². The standard InChI is InChI=1S/C19H26N6O/c1-3-4-9-23(2)18-14-16(21-15-22-18)19(26)25-12-10-24(11-13-25)17-7-5-6-8-20-17/h5-8,14-15H,3-4,9-13H2,1-2H3. The van der Waals surface area contributed by atoms with Crippen molar-refractivity contribution >= 4 is 17.5 Å². The van der Waals surface area contributed by atoms with Crippen molar-refractivity contribution in [3.63, 3.8) is 0 Å². The van der Waals surface area contributed by atoms with Crippen molar-refractivity contribution in [2.45, 2.75) is 19.8 Å². The molecule has 1 fully saturated rings. The topological polar surface area (TPSA) is 65.5 Å². The van der Waals surface area contributed by atoms with Crippen LogP contribution in [-0.2, 0) is 0 Å². The molecule has 3 heterocycles. The van der Waals surface area contributed by atoms with Gasteiger partial charge in [-0.05, 0) is 18.6 Å². The Hall–Kier alpha value is -2.70. The Morgan fingerprint density at radius 1 is 1.15 bits per heavy atom. The van der Waals surface area contributed by atoms with E-state index in [0.717, 1.165) is 44.1 Å². The molecule has 0 aliphatic carbocycles. The lowest BCUT2D eigenvalue weighted by Crippen LogP contribution is -2.49. The molecule has 0 radical (unpaired) electrons. The van der Waals surface area contributed by atoms with E-state index >= 15 is 0 Å². The van der Waals surface area contributed by atoms with Gasteiger partial charge < -0.3 is 14.7 Å². The summed E-state index contributed by atoms with van der Waals surface area (Å²) < 4.78 is 0. The lowest BCUT2D eigenvalue weighted by Gasteiger charge is -2.35. The number of hydrogen-bond acceptors (Lipinski definition) is 6. The zero-order valence-electron chi connectivity index (χ0n) is 15.5. The van der Waals surface area contributed by atoms with Crippen molar-refractivity contribution < 1.29 is 4.79 Å². The molecule has 0 N–H and O–H groups in total. The molecular formula is C19H26N6O. The van der Waals surface area contributed by atoms with Gasteiger partial charge in [-0.25, -0.2) is 15.0 Å². The largest absolute Gasteiger partial charge is 0.360 e. The van der Waals surface area contributed by atoms with Gasteiger partial charge in [-0.1, -0.05) is 19.4 Å². The highest BCUT2D eigenvalue weighted by Crippen LogP contribution is 2.16. The van der Waals surface area contributed by atoms with Crippen LogP contribution in [-0.4, -0.2) is 65.5 Å². The van der Waals surface area contributed by atoms with Crippen LogP contribution < -0.4 is 9.80 Å². The zero-order chi connectivity index (χ0) is 18.4. The van der Waals surface area contributed by atoms with E-state index < -0.39 is 0 Å². The highest BCUT2D eigenvalue weighted by atomic mass is 16.2. The Morgan fingerprint density at radius 2 is 1.96 bits per heavy atom. The van der Waals surface area contributed by atoms with Crippen LogP contribution in [0.25, 0.3) is 0 Å². The van der Waals surface area contributed by atoms with Crippen LogP contribution in [0.15, 0.2) is 36.8 Å². The number of unbranched alkanes of at least 4 members (excludes halogenated alkanes) is 1. The van der Waals surface area contributed by atoms with Crippen molar-refractivity contribution in [2.24, 2.45) is 0 Å². The predicted molar refractivity (Wildman–Crippen MR) is 103 cm³/mol. The molecule has 0 saturated carbocycles. The van der Waals surface area contributed by atoms with Gasteiger partial charge in [-0.3, -0.25) is 4.79 Å². The van der Waals surface area contributed by atoms with Crippen molar-refractivity contribution in [2.75, 3.05) is 49.6 Å². The van der Waals surface area contributed by atoms with Gasteiger partial charge in [-0.15, -0.1) is 0 Å². The third-order valence-electron chi connectivity index (χ3n) is 4.65. The minimum Gasteiger partial charge on any atom is -0.360 e. The molecule has 1 aliphatic rings. The number of nitrogens with zero attached hydrogens (tertiary/aromatic N) is 6. The monoisotopic (exact) mass is 354 g/mol. The molecular weight excluding hydrogens is 328 g/mol. The number of pyridine rings is 1. The van der Waals surface area contributed by atoms with Crippen LogP contribution in [0.2, 0.25) is 0 Å². The van der Waals surface area contributed by atoms with Crippen molar-refractivity contribution in [3.05, 3.63) is 42.5 Å². The van der Waals surface area contributed by atoms with E-state index in [0.29, 0.717) is 18.8 Å². The highest BCUT2D eigenvalue weighted by molar-refractivity contribution is 5.93. The molecule has 1 amide bonds. The zero-order valence-corrected chi connectivity index (χ0v) is 15.5. The minimum atomic E-state index is -0.0294. The molecule has 7 heteroatoms. The lowest BCUT2D eigenvalue weighted by molar-refractivity contribution is 0.0740. The van der Waals surface area contributed by atoms with Gasteiger partial charge in [0.15, 0.2) is 0 Å². The van der Waals surface area contributed by atoms with Gasteiger partial charge in [0.05, 0.1) is 0 Å². The van der Waals surface area contributed by atoms with E-state index in [2.05, 4.69) is 31.7 Å². The summed E-state index contributed by atoms with van der Waals surface area (Å²) >= 11 is 0. The number of anilines is 2. The van der Waals surface area contributed by atoms with E-state index in [9.17, 15) is 4.79 Å². The normalized spacial score (nSPS) is 14.4. The second-order valence-electron chi connectivity index (χ2n) is 6.50. The van der Waals surface area contributed by atoms with E-state index in [1.165, 1.54) is 6.33 Å². The molecule has 1 aliphatic heterocycles. The average molecular weight is 354 g/mol. The van der Waals surface area contributed by atoms with Crippen LogP contribution in [0.3, 0.4) is 0 Å². The molecule has 7 nitrogen and oxygen atoms in total. The fraction of sp³-hybridized carbons (Fsp3) is 0.474. The van der Waals surface area contributed by atoms with Crippen LogP contribution in [0.1, 0.15) is 30.3 Å². The maximum Gasteiger partial charge on any atom is 0.272 e. The van der Waals surface area contributed by atoms with Gasteiger partial charge in [0.2, 0.25) is 0 Å². The third-order valence-corrected chi connectivity index (χ3v) is 4.65.